The summed E-state index contributed by atoms with van der Waals surface area (Å²) < 4.78 is 13.9. The number of aromatic nitrogens is 1. The molecule has 0 spiro atoms. The van der Waals surface area contributed by atoms with E-state index in [2.05, 4.69) is 4.98 Å². The summed E-state index contributed by atoms with van der Waals surface area (Å²) >= 11 is 12.0. The van der Waals surface area contributed by atoms with Gasteiger partial charge in [-0.25, -0.2) is 9.18 Å². The highest BCUT2D eigenvalue weighted by atomic mass is 35.5. The number of pyridine rings is 1. The van der Waals surface area contributed by atoms with Gasteiger partial charge in [0.2, 0.25) is 0 Å². The van der Waals surface area contributed by atoms with Crippen molar-refractivity contribution in [2.45, 2.75) is 0 Å². The predicted molar refractivity (Wildman–Crippen MR) is 84.1 cm³/mol. The number of aromatic carboxylic acids is 1. The van der Waals surface area contributed by atoms with Crippen LogP contribution in [-0.2, 0) is 0 Å². The molecule has 0 saturated carbocycles. The molecular formula is C16H8Cl2FNO2. The summed E-state index contributed by atoms with van der Waals surface area (Å²) in [5.41, 5.74) is 1.01. The standard InChI is InChI=1S/C16H8Cl2FNO2/c17-9-2-4-11(13(18)6-9)15-12-5-8(16(21)22)1-3-10(12)14(19)7-20-15/h1-7H,(H,21,22). The first kappa shape index (κ1) is 14.8. The van der Waals surface area contributed by atoms with Gasteiger partial charge in [-0.05, 0) is 30.3 Å². The smallest absolute Gasteiger partial charge is 0.335 e. The lowest BCUT2D eigenvalue weighted by molar-refractivity contribution is 0.0697. The van der Waals surface area contributed by atoms with Crippen LogP contribution in [0.5, 0.6) is 0 Å². The third-order valence-corrected chi connectivity index (χ3v) is 3.82. The minimum Gasteiger partial charge on any atom is -0.478 e. The lowest BCUT2D eigenvalue weighted by atomic mass is 10.0. The Labute approximate surface area is 134 Å². The molecule has 3 rings (SSSR count). The maximum Gasteiger partial charge on any atom is 0.335 e. The maximum atomic E-state index is 13.9. The Morgan fingerprint density at radius 2 is 1.86 bits per heavy atom. The second-order valence-electron chi connectivity index (χ2n) is 4.64. The molecule has 110 valence electrons. The highest BCUT2D eigenvalue weighted by Gasteiger charge is 2.14. The number of carbonyl (C=O) groups is 1. The van der Waals surface area contributed by atoms with E-state index in [-0.39, 0.29) is 10.9 Å². The zero-order valence-electron chi connectivity index (χ0n) is 11.0. The van der Waals surface area contributed by atoms with E-state index in [0.717, 1.165) is 6.20 Å². The SMILES string of the molecule is O=C(O)c1ccc2c(F)cnc(-c3ccc(Cl)cc3Cl)c2c1. The Hall–Kier alpha value is -2.17. The van der Waals surface area contributed by atoms with E-state index < -0.39 is 11.8 Å². The monoisotopic (exact) mass is 335 g/mol. The molecule has 3 aromatic rings. The number of carboxylic acid groups (broad SMARTS) is 1. The van der Waals surface area contributed by atoms with Crippen molar-refractivity contribution in [1.29, 1.82) is 0 Å². The Balaban J connectivity index is 2.35. The topological polar surface area (TPSA) is 50.2 Å². The van der Waals surface area contributed by atoms with Crippen LogP contribution in [0.1, 0.15) is 10.4 Å². The third-order valence-electron chi connectivity index (χ3n) is 3.27. The van der Waals surface area contributed by atoms with Crippen LogP contribution in [0, 0.1) is 5.82 Å². The van der Waals surface area contributed by atoms with Crippen molar-refractivity contribution in [2.75, 3.05) is 0 Å². The molecule has 22 heavy (non-hydrogen) atoms. The van der Waals surface area contributed by atoms with E-state index >= 15 is 0 Å². The van der Waals surface area contributed by atoms with Gasteiger partial charge in [0.1, 0.15) is 5.82 Å². The molecule has 2 aromatic carbocycles. The van der Waals surface area contributed by atoms with Crippen molar-refractivity contribution in [3.05, 3.63) is 64.0 Å². The van der Waals surface area contributed by atoms with Gasteiger partial charge in [-0.2, -0.15) is 0 Å². The molecule has 0 saturated heterocycles. The minimum absolute atomic E-state index is 0.0474. The molecule has 0 aliphatic carbocycles. The van der Waals surface area contributed by atoms with Gasteiger partial charge in [0.25, 0.3) is 0 Å². The Bertz CT molecular complexity index is 912. The van der Waals surface area contributed by atoms with Crippen molar-refractivity contribution in [1.82, 2.24) is 4.98 Å². The highest BCUT2D eigenvalue weighted by Crippen LogP contribution is 2.34. The summed E-state index contributed by atoms with van der Waals surface area (Å²) in [6.07, 6.45) is 1.09. The predicted octanol–water partition coefficient (Wildman–Crippen LogP) is 5.05. The fourth-order valence-corrected chi connectivity index (χ4v) is 2.74. The van der Waals surface area contributed by atoms with Crippen molar-refractivity contribution in [3.63, 3.8) is 0 Å². The first-order chi connectivity index (χ1) is 10.5. The van der Waals surface area contributed by atoms with Gasteiger partial charge >= 0.3 is 5.97 Å². The summed E-state index contributed by atoms with van der Waals surface area (Å²) in [7, 11) is 0. The molecule has 0 aliphatic rings. The zero-order valence-corrected chi connectivity index (χ0v) is 12.5. The van der Waals surface area contributed by atoms with E-state index in [0.29, 0.717) is 26.7 Å². The van der Waals surface area contributed by atoms with Gasteiger partial charge in [-0.3, -0.25) is 4.98 Å². The lowest BCUT2D eigenvalue weighted by Crippen LogP contribution is -1.98. The summed E-state index contributed by atoms with van der Waals surface area (Å²) in [6.45, 7) is 0. The van der Waals surface area contributed by atoms with E-state index in [4.69, 9.17) is 28.3 Å². The van der Waals surface area contributed by atoms with E-state index in [1.807, 2.05) is 0 Å². The van der Waals surface area contributed by atoms with Crippen molar-refractivity contribution in [3.8, 4) is 11.3 Å². The van der Waals surface area contributed by atoms with E-state index in [1.165, 1.54) is 18.2 Å². The van der Waals surface area contributed by atoms with Crippen LogP contribution in [0.2, 0.25) is 10.0 Å². The Kier molecular flexibility index (Phi) is 3.72. The molecule has 0 aliphatic heterocycles. The van der Waals surface area contributed by atoms with Crippen LogP contribution in [0.25, 0.3) is 22.0 Å². The van der Waals surface area contributed by atoms with Crippen LogP contribution < -0.4 is 0 Å². The zero-order chi connectivity index (χ0) is 15.9. The first-order valence-corrected chi connectivity index (χ1v) is 7.00. The number of halogens is 3. The van der Waals surface area contributed by atoms with Crippen LogP contribution in [0.3, 0.4) is 0 Å². The van der Waals surface area contributed by atoms with Gasteiger partial charge in [0.05, 0.1) is 22.5 Å². The summed E-state index contributed by atoms with van der Waals surface area (Å²) in [5.74, 6) is -1.62. The maximum absolute atomic E-state index is 13.9. The number of carboxylic acids is 1. The molecule has 1 heterocycles. The number of hydrogen-bond acceptors (Lipinski definition) is 2. The number of nitrogens with zero attached hydrogens (tertiary/aromatic N) is 1. The number of benzene rings is 2. The van der Waals surface area contributed by atoms with Gasteiger partial charge in [0, 0.05) is 21.4 Å². The minimum atomic E-state index is -1.10. The normalized spacial score (nSPS) is 10.9. The average Bonchev–Trinajstić information content (AvgIpc) is 2.48. The molecule has 1 N–H and O–H groups in total. The van der Waals surface area contributed by atoms with E-state index in [9.17, 15) is 9.18 Å². The first-order valence-electron chi connectivity index (χ1n) is 6.24. The van der Waals surface area contributed by atoms with Crippen LogP contribution in [0.15, 0.2) is 42.6 Å². The number of hydrogen-bond donors (Lipinski definition) is 1. The number of fused-ring (bicyclic) bond motifs is 1. The largest absolute Gasteiger partial charge is 0.478 e. The average molecular weight is 336 g/mol. The van der Waals surface area contributed by atoms with E-state index in [1.54, 1.807) is 18.2 Å². The molecule has 1 aromatic heterocycles. The van der Waals surface area contributed by atoms with Crippen molar-refractivity contribution < 1.29 is 14.3 Å². The molecule has 0 atom stereocenters. The molecule has 0 bridgehead atoms. The fraction of sp³-hybridized carbons (Fsp3) is 0. The van der Waals surface area contributed by atoms with Gasteiger partial charge in [-0.1, -0.05) is 29.3 Å². The van der Waals surface area contributed by atoms with Crippen LogP contribution in [0.4, 0.5) is 4.39 Å². The van der Waals surface area contributed by atoms with Crippen molar-refractivity contribution in [2.24, 2.45) is 0 Å². The number of rotatable bonds is 2. The van der Waals surface area contributed by atoms with Gasteiger partial charge in [-0.15, -0.1) is 0 Å². The Morgan fingerprint density at radius 1 is 1.09 bits per heavy atom. The second kappa shape index (κ2) is 5.55. The van der Waals surface area contributed by atoms with Crippen LogP contribution >= 0.6 is 23.2 Å². The van der Waals surface area contributed by atoms with Crippen LogP contribution in [-0.4, -0.2) is 16.1 Å². The summed E-state index contributed by atoms with van der Waals surface area (Å²) in [4.78, 5) is 15.2. The molecule has 3 nitrogen and oxygen atoms in total. The molecule has 0 unspecified atom stereocenters. The quantitative estimate of drug-likeness (QED) is 0.713. The Morgan fingerprint density at radius 3 is 2.55 bits per heavy atom. The molecular weight excluding hydrogens is 328 g/mol. The van der Waals surface area contributed by atoms with Crippen molar-refractivity contribution >= 4 is 39.9 Å². The van der Waals surface area contributed by atoms with Gasteiger partial charge < -0.3 is 5.11 Å². The fourth-order valence-electron chi connectivity index (χ4n) is 2.24. The molecule has 0 amide bonds. The third kappa shape index (κ3) is 2.51. The molecule has 0 radical (unpaired) electrons. The second-order valence-corrected chi connectivity index (χ2v) is 5.49. The summed E-state index contributed by atoms with van der Waals surface area (Å²) in [5, 5.41) is 10.6. The molecule has 6 heteroatoms. The molecule has 0 fully saturated rings. The summed E-state index contributed by atoms with van der Waals surface area (Å²) in [6, 6.07) is 9.01. The lowest BCUT2D eigenvalue weighted by Gasteiger charge is -2.09. The highest BCUT2D eigenvalue weighted by molar-refractivity contribution is 6.36. The van der Waals surface area contributed by atoms with Gasteiger partial charge in [0.15, 0.2) is 0 Å².